The van der Waals surface area contributed by atoms with E-state index in [9.17, 15) is 14.4 Å². The summed E-state index contributed by atoms with van der Waals surface area (Å²) in [6.07, 6.45) is 0. The highest BCUT2D eigenvalue weighted by atomic mass is 32.1. The molecule has 7 heteroatoms. The van der Waals surface area contributed by atoms with Gasteiger partial charge in [0.1, 0.15) is 6.54 Å². The van der Waals surface area contributed by atoms with Crippen LogP contribution in [0.4, 0.5) is 0 Å². The highest BCUT2D eigenvalue weighted by Gasteiger charge is 2.13. The summed E-state index contributed by atoms with van der Waals surface area (Å²) in [7, 11) is 0. The van der Waals surface area contributed by atoms with Gasteiger partial charge in [-0.25, -0.2) is 4.68 Å². The minimum absolute atomic E-state index is 0.148. The highest BCUT2D eigenvalue weighted by molar-refractivity contribution is 7.10. The normalized spacial score (nSPS) is 12.2. The zero-order valence-electron chi connectivity index (χ0n) is 12.4. The molecule has 0 saturated heterocycles. The van der Waals surface area contributed by atoms with Gasteiger partial charge in [0.2, 0.25) is 5.91 Å². The third-order valence-electron chi connectivity index (χ3n) is 3.53. The number of H-pyrrole nitrogens is 1. The molecule has 23 heavy (non-hydrogen) atoms. The standard InChI is InChI=1S/C16H15N3O3S/c1-10(13-7-4-8-23-13)17-14(20)9-19-16(22)12-6-3-2-5-11(12)15(21)18-19/h2-8,10H,9H2,1H3,(H,17,20)(H,18,21). The Morgan fingerprint density at radius 3 is 2.65 bits per heavy atom. The first-order valence-electron chi connectivity index (χ1n) is 7.11. The van der Waals surface area contributed by atoms with Crippen LogP contribution in [0.25, 0.3) is 10.8 Å². The molecular formula is C16H15N3O3S. The van der Waals surface area contributed by atoms with E-state index in [0.29, 0.717) is 10.8 Å². The van der Waals surface area contributed by atoms with Crippen LogP contribution < -0.4 is 16.4 Å². The largest absolute Gasteiger partial charge is 0.347 e. The van der Waals surface area contributed by atoms with Crippen LogP contribution in [0.15, 0.2) is 51.4 Å². The monoisotopic (exact) mass is 329 g/mol. The van der Waals surface area contributed by atoms with Crippen LogP contribution in [-0.2, 0) is 11.3 Å². The van der Waals surface area contributed by atoms with Crippen LogP contribution >= 0.6 is 11.3 Å². The minimum atomic E-state index is -0.390. The molecule has 0 fully saturated rings. The Morgan fingerprint density at radius 2 is 1.96 bits per heavy atom. The van der Waals surface area contributed by atoms with Crippen LogP contribution in [-0.4, -0.2) is 15.7 Å². The second-order valence-electron chi connectivity index (χ2n) is 5.18. The number of nitrogens with zero attached hydrogens (tertiary/aromatic N) is 1. The smallest absolute Gasteiger partial charge is 0.273 e. The first-order chi connectivity index (χ1) is 11.1. The lowest BCUT2D eigenvalue weighted by molar-refractivity contribution is -0.122. The van der Waals surface area contributed by atoms with Gasteiger partial charge in [-0.05, 0) is 30.5 Å². The van der Waals surface area contributed by atoms with Gasteiger partial charge in [0.25, 0.3) is 11.1 Å². The van der Waals surface area contributed by atoms with Crippen molar-refractivity contribution in [2.75, 3.05) is 0 Å². The SMILES string of the molecule is CC(NC(=O)Cn1[nH]c(=O)c2ccccc2c1=O)c1cccs1. The third-order valence-corrected chi connectivity index (χ3v) is 4.59. The number of rotatable bonds is 4. The van der Waals surface area contributed by atoms with Gasteiger partial charge < -0.3 is 5.32 Å². The Labute approximate surface area is 135 Å². The number of benzene rings is 1. The molecule has 0 radical (unpaired) electrons. The van der Waals surface area contributed by atoms with Crippen LogP contribution in [0.2, 0.25) is 0 Å². The van der Waals surface area contributed by atoms with E-state index in [0.717, 1.165) is 9.56 Å². The Morgan fingerprint density at radius 1 is 1.22 bits per heavy atom. The van der Waals surface area contributed by atoms with Gasteiger partial charge in [-0.15, -0.1) is 11.3 Å². The average Bonchev–Trinajstić information content (AvgIpc) is 3.07. The molecule has 1 unspecified atom stereocenters. The molecule has 0 bridgehead atoms. The maximum atomic E-state index is 12.3. The summed E-state index contributed by atoms with van der Waals surface area (Å²) in [6, 6.07) is 10.2. The zero-order valence-corrected chi connectivity index (χ0v) is 13.2. The molecule has 2 heterocycles. The quantitative estimate of drug-likeness (QED) is 0.763. The molecule has 1 atom stereocenters. The number of aromatic amines is 1. The Bertz CT molecular complexity index is 957. The molecule has 1 amide bonds. The molecule has 2 N–H and O–H groups in total. The molecule has 0 aliphatic rings. The summed E-state index contributed by atoms with van der Waals surface area (Å²) in [6.45, 7) is 1.64. The van der Waals surface area contributed by atoms with Crippen molar-refractivity contribution in [3.8, 4) is 0 Å². The van der Waals surface area contributed by atoms with E-state index >= 15 is 0 Å². The predicted molar refractivity (Wildman–Crippen MR) is 89.7 cm³/mol. The lowest BCUT2D eigenvalue weighted by Crippen LogP contribution is -2.37. The van der Waals surface area contributed by atoms with Crippen molar-refractivity contribution < 1.29 is 4.79 Å². The molecule has 3 aromatic rings. The summed E-state index contributed by atoms with van der Waals surface area (Å²) in [4.78, 5) is 37.5. The molecule has 0 spiro atoms. The van der Waals surface area contributed by atoms with Gasteiger partial charge in [0, 0.05) is 4.88 Å². The van der Waals surface area contributed by atoms with E-state index in [4.69, 9.17) is 0 Å². The molecule has 1 aromatic carbocycles. The van der Waals surface area contributed by atoms with Gasteiger partial charge in [-0.3, -0.25) is 19.5 Å². The van der Waals surface area contributed by atoms with E-state index in [2.05, 4.69) is 10.4 Å². The second kappa shape index (κ2) is 6.21. The number of aromatic nitrogens is 2. The number of fused-ring (bicyclic) bond motifs is 1. The number of hydrogen-bond donors (Lipinski definition) is 2. The number of carbonyl (C=O) groups is 1. The number of nitrogens with one attached hydrogen (secondary N) is 2. The highest BCUT2D eigenvalue weighted by Crippen LogP contribution is 2.17. The molecular weight excluding hydrogens is 314 g/mol. The van der Waals surface area contributed by atoms with Crippen molar-refractivity contribution in [1.29, 1.82) is 0 Å². The zero-order chi connectivity index (χ0) is 16.4. The van der Waals surface area contributed by atoms with Crippen LogP contribution in [0.5, 0.6) is 0 Å². The number of amides is 1. The van der Waals surface area contributed by atoms with Crippen molar-refractivity contribution in [3.63, 3.8) is 0 Å². The Hall–Kier alpha value is -2.67. The fourth-order valence-corrected chi connectivity index (χ4v) is 3.13. The summed E-state index contributed by atoms with van der Waals surface area (Å²) in [5, 5.41) is 7.82. The van der Waals surface area contributed by atoms with E-state index in [1.165, 1.54) is 0 Å². The molecule has 0 aliphatic heterocycles. The third kappa shape index (κ3) is 3.09. The number of carbonyl (C=O) groups excluding carboxylic acids is 1. The molecule has 6 nitrogen and oxygen atoms in total. The van der Waals surface area contributed by atoms with Gasteiger partial charge in [-0.1, -0.05) is 18.2 Å². The van der Waals surface area contributed by atoms with Crippen molar-refractivity contribution >= 4 is 28.0 Å². The summed E-state index contributed by atoms with van der Waals surface area (Å²) < 4.78 is 1.04. The summed E-state index contributed by atoms with van der Waals surface area (Å²) in [5.74, 6) is -0.334. The maximum absolute atomic E-state index is 12.3. The van der Waals surface area contributed by atoms with E-state index in [1.807, 2.05) is 24.4 Å². The van der Waals surface area contributed by atoms with Crippen molar-refractivity contribution in [1.82, 2.24) is 15.1 Å². The van der Waals surface area contributed by atoms with E-state index in [-0.39, 0.29) is 29.6 Å². The van der Waals surface area contributed by atoms with Gasteiger partial charge >= 0.3 is 0 Å². The van der Waals surface area contributed by atoms with Crippen LogP contribution in [0.1, 0.15) is 17.8 Å². The van der Waals surface area contributed by atoms with Crippen molar-refractivity contribution in [3.05, 3.63) is 67.4 Å². The molecule has 3 rings (SSSR count). The average molecular weight is 329 g/mol. The van der Waals surface area contributed by atoms with Gasteiger partial charge in [0.15, 0.2) is 0 Å². The molecule has 118 valence electrons. The predicted octanol–water partition coefficient (Wildman–Crippen LogP) is 1.63. The fourth-order valence-electron chi connectivity index (χ4n) is 2.40. The molecule has 0 aliphatic carbocycles. The van der Waals surface area contributed by atoms with E-state index < -0.39 is 0 Å². The Kier molecular flexibility index (Phi) is 4.12. The topological polar surface area (TPSA) is 84.0 Å². The van der Waals surface area contributed by atoms with Crippen LogP contribution in [0.3, 0.4) is 0 Å². The Balaban J connectivity index is 1.84. The fraction of sp³-hybridized carbons (Fsp3) is 0.188. The van der Waals surface area contributed by atoms with Crippen molar-refractivity contribution in [2.45, 2.75) is 19.5 Å². The lowest BCUT2D eigenvalue weighted by Gasteiger charge is -2.13. The second-order valence-corrected chi connectivity index (χ2v) is 6.16. The number of hydrogen-bond acceptors (Lipinski definition) is 4. The minimum Gasteiger partial charge on any atom is -0.347 e. The van der Waals surface area contributed by atoms with Crippen LogP contribution in [0, 0.1) is 0 Å². The lowest BCUT2D eigenvalue weighted by atomic mass is 10.2. The molecule has 2 aromatic heterocycles. The summed E-state index contributed by atoms with van der Waals surface area (Å²) in [5.41, 5.74) is -0.779. The number of thiophene rings is 1. The van der Waals surface area contributed by atoms with Gasteiger partial charge in [0.05, 0.1) is 16.8 Å². The molecule has 0 saturated carbocycles. The first-order valence-corrected chi connectivity index (χ1v) is 7.99. The van der Waals surface area contributed by atoms with Crippen molar-refractivity contribution in [2.24, 2.45) is 0 Å². The maximum Gasteiger partial charge on any atom is 0.273 e. The van der Waals surface area contributed by atoms with E-state index in [1.54, 1.807) is 35.6 Å². The summed E-state index contributed by atoms with van der Waals surface area (Å²) >= 11 is 1.55. The first kappa shape index (κ1) is 15.2. The van der Waals surface area contributed by atoms with Gasteiger partial charge in [-0.2, -0.15) is 0 Å².